The summed E-state index contributed by atoms with van der Waals surface area (Å²) in [6.45, 7) is 2.85. The Balaban J connectivity index is 0.00000288. The van der Waals surface area contributed by atoms with Crippen LogP contribution in [-0.4, -0.2) is 28.0 Å². The van der Waals surface area contributed by atoms with Gasteiger partial charge in [0.05, 0.1) is 17.2 Å². The Morgan fingerprint density at radius 1 is 1.38 bits per heavy atom. The number of nitrogens with one attached hydrogen (secondary N) is 1. The highest BCUT2D eigenvalue weighted by Gasteiger charge is 2.11. The average molecular weight is 353 g/mol. The van der Waals surface area contributed by atoms with Crippen molar-refractivity contribution in [1.29, 1.82) is 0 Å². The first kappa shape index (κ1) is 20.1. The number of halogens is 1. The van der Waals surface area contributed by atoms with Crippen LogP contribution in [0.15, 0.2) is 35.4 Å². The van der Waals surface area contributed by atoms with Crippen molar-refractivity contribution in [1.82, 2.24) is 14.9 Å². The lowest BCUT2D eigenvalue weighted by molar-refractivity contribution is -0.122. The number of aryl methyl sites for hydroxylation is 1. The number of aromatic nitrogens is 2. The van der Waals surface area contributed by atoms with Crippen LogP contribution in [0, 0.1) is 0 Å². The molecule has 1 atom stereocenters. The van der Waals surface area contributed by atoms with Crippen LogP contribution >= 0.6 is 12.4 Å². The van der Waals surface area contributed by atoms with Gasteiger partial charge in [0.15, 0.2) is 0 Å². The van der Waals surface area contributed by atoms with E-state index in [1.165, 1.54) is 10.9 Å². The van der Waals surface area contributed by atoms with Crippen molar-refractivity contribution in [2.45, 2.75) is 45.2 Å². The van der Waals surface area contributed by atoms with Crippen LogP contribution in [0.5, 0.6) is 0 Å². The van der Waals surface area contributed by atoms with Crippen molar-refractivity contribution >= 4 is 29.2 Å². The Hall–Kier alpha value is -1.92. The van der Waals surface area contributed by atoms with Crippen LogP contribution in [0.2, 0.25) is 0 Å². The molecule has 1 amide bonds. The SMILES string of the molecule is CCCCC(CN)NC(=O)CCn1cnc2ccccc2c1=O.Cl. The minimum absolute atomic E-state index is 0. The second-order valence-electron chi connectivity index (χ2n) is 5.65. The highest BCUT2D eigenvalue weighted by Crippen LogP contribution is 2.05. The zero-order valence-corrected chi connectivity index (χ0v) is 14.7. The van der Waals surface area contributed by atoms with Gasteiger partial charge in [-0.15, -0.1) is 12.4 Å². The van der Waals surface area contributed by atoms with Gasteiger partial charge in [-0.2, -0.15) is 0 Å². The van der Waals surface area contributed by atoms with Crippen LogP contribution in [0.4, 0.5) is 0 Å². The quantitative estimate of drug-likeness (QED) is 0.758. The Kier molecular flexibility index (Phi) is 8.43. The van der Waals surface area contributed by atoms with Gasteiger partial charge in [-0.3, -0.25) is 14.2 Å². The van der Waals surface area contributed by atoms with Gasteiger partial charge in [-0.25, -0.2) is 4.98 Å². The van der Waals surface area contributed by atoms with E-state index in [0.29, 0.717) is 24.0 Å². The van der Waals surface area contributed by atoms with E-state index in [0.717, 1.165) is 19.3 Å². The third-order valence-corrected chi connectivity index (χ3v) is 3.87. The molecule has 132 valence electrons. The number of nitrogens with two attached hydrogens (primary N) is 1. The standard InChI is InChI=1S/C17H24N4O2.ClH/c1-2-3-6-13(11-18)20-16(22)9-10-21-12-19-15-8-5-4-7-14(15)17(21)23;/h4-5,7-8,12-13H,2-3,6,9-11,18H2,1H3,(H,20,22);1H. The topological polar surface area (TPSA) is 90.0 Å². The summed E-state index contributed by atoms with van der Waals surface area (Å²) in [6, 6.07) is 7.20. The fourth-order valence-corrected chi connectivity index (χ4v) is 2.49. The van der Waals surface area contributed by atoms with Crippen LogP contribution < -0.4 is 16.6 Å². The molecule has 1 heterocycles. The fourth-order valence-electron chi connectivity index (χ4n) is 2.49. The molecule has 2 rings (SSSR count). The van der Waals surface area contributed by atoms with Crippen molar-refractivity contribution in [3.63, 3.8) is 0 Å². The molecule has 24 heavy (non-hydrogen) atoms. The molecule has 0 aliphatic rings. The van der Waals surface area contributed by atoms with Crippen LogP contribution in [-0.2, 0) is 11.3 Å². The summed E-state index contributed by atoms with van der Waals surface area (Å²) >= 11 is 0. The number of amides is 1. The molecule has 2 aromatic rings. The van der Waals surface area contributed by atoms with Crippen LogP contribution in [0.1, 0.15) is 32.6 Å². The molecule has 0 fully saturated rings. The molecule has 3 N–H and O–H groups in total. The molecule has 0 radical (unpaired) electrons. The molecule has 6 nitrogen and oxygen atoms in total. The average Bonchev–Trinajstić information content (AvgIpc) is 2.58. The zero-order valence-electron chi connectivity index (χ0n) is 13.9. The number of hydrogen-bond acceptors (Lipinski definition) is 4. The van der Waals surface area contributed by atoms with Gasteiger partial charge in [0.25, 0.3) is 5.56 Å². The number of carbonyl (C=O) groups excluding carboxylic acids is 1. The van der Waals surface area contributed by atoms with E-state index < -0.39 is 0 Å². The molecule has 0 saturated carbocycles. The maximum atomic E-state index is 12.3. The monoisotopic (exact) mass is 352 g/mol. The molecular weight excluding hydrogens is 328 g/mol. The smallest absolute Gasteiger partial charge is 0.261 e. The number of rotatable bonds is 8. The zero-order chi connectivity index (χ0) is 16.7. The van der Waals surface area contributed by atoms with E-state index in [9.17, 15) is 9.59 Å². The van der Waals surface area contributed by atoms with E-state index in [2.05, 4.69) is 17.2 Å². The van der Waals surface area contributed by atoms with E-state index in [1.807, 2.05) is 12.1 Å². The normalized spacial score (nSPS) is 11.8. The number of hydrogen-bond donors (Lipinski definition) is 2. The predicted octanol–water partition coefficient (Wildman–Crippen LogP) is 1.84. The summed E-state index contributed by atoms with van der Waals surface area (Å²) in [7, 11) is 0. The second-order valence-corrected chi connectivity index (χ2v) is 5.65. The molecule has 0 aliphatic heterocycles. The fraction of sp³-hybridized carbons (Fsp3) is 0.471. The molecular formula is C17H25ClN4O2. The summed E-state index contributed by atoms with van der Waals surface area (Å²) < 4.78 is 1.48. The van der Waals surface area contributed by atoms with Gasteiger partial charge < -0.3 is 11.1 Å². The third kappa shape index (κ3) is 5.32. The number of benzene rings is 1. The molecule has 0 bridgehead atoms. The van der Waals surface area contributed by atoms with Crippen molar-refractivity contribution in [2.24, 2.45) is 5.73 Å². The molecule has 0 aliphatic carbocycles. The van der Waals surface area contributed by atoms with Crippen molar-refractivity contribution in [3.05, 3.63) is 40.9 Å². The molecule has 1 unspecified atom stereocenters. The van der Waals surface area contributed by atoms with E-state index >= 15 is 0 Å². The van der Waals surface area contributed by atoms with Gasteiger partial charge in [-0.1, -0.05) is 31.9 Å². The van der Waals surface area contributed by atoms with Gasteiger partial charge in [0.1, 0.15) is 0 Å². The number of carbonyl (C=O) groups is 1. The lowest BCUT2D eigenvalue weighted by Crippen LogP contribution is -2.40. The van der Waals surface area contributed by atoms with Crippen molar-refractivity contribution in [3.8, 4) is 0 Å². The predicted molar refractivity (Wildman–Crippen MR) is 98.4 cm³/mol. The van der Waals surface area contributed by atoms with Crippen molar-refractivity contribution in [2.75, 3.05) is 6.54 Å². The summed E-state index contributed by atoms with van der Waals surface area (Å²) in [5.74, 6) is -0.0865. The Morgan fingerprint density at radius 3 is 2.83 bits per heavy atom. The van der Waals surface area contributed by atoms with E-state index in [4.69, 9.17) is 5.73 Å². The summed E-state index contributed by atoms with van der Waals surface area (Å²) in [6.07, 6.45) is 4.73. The van der Waals surface area contributed by atoms with Gasteiger partial charge in [-0.05, 0) is 18.6 Å². The summed E-state index contributed by atoms with van der Waals surface area (Å²) in [4.78, 5) is 28.6. The molecule has 0 saturated heterocycles. The van der Waals surface area contributed by atoms with E-state index in [1.54, 1.807) is 12.1 Å². The summed E-state index contributed by atoms with van der Waals surface area (Å²) in [5.41, 5.74) is 6.22. The van der Waals surface area contributed by atoms with Crippen LogP contribution in [0.25, 0.3) is 10.9 Å². The van der Waals surface area contributed by atoms with Crippen molar-refractivity contribution < 1.29 is 4.79 Å². The molecule has 1 aromatic carbocycles. The number of nitrogens with zero attached hydrogens (tertiary/aromatic N) is 2. The molecule has 7 heteroatoms. The first-order chi connectivity index (χ1) is 11.2. The highest BCUT2D eigenvalue weighted by atomic mass is 35.5. The maximum absolute atomic E-state index is 12.3. The van der Waals surface area contributed by atoms with E-state index in [-0.39, 0.29) is 36.3 Å². The summed E-state index contributed by atoms with van der Waals surface area (Å²) in [5, 5.41) is 3.50. The van der Waals surface area contributed by atoms with Gasteiger partial charge in [0, 0.05) is 25.6 Å². The largest absolute Gasteiger partial charge is 0.352 e. The maximum Gasteiger partial charge on any atom is 0.261 e. The van der Waals surface area contributed by atoms with Crippen LogP contribution in [0.3, 0.4) is 0 Å². The Morgan fingerprint density at radius 2 is 2.12 bits per heavy atom. The first-order valence-electron chi connectivity index (χ1n) is 8.09. The lowest BCUT2D eigenvalue weighted by atomic mass is 10.1. The third-order valence-electron chi connectivity index (χ3n) is 3.87. The first-order valence-corrected chi connectivity index (χ1v) is 8.09. The minimum atomic E-state index is -0.121. The molecule has 0 spiro atoms. The number of fused-ring (bicyclic) bond motifs is 1. The minimum Gasteiger partial charge on any atom is -0.352 e. The number of para-hydroxylation sites is 1. The number of unbranched alkanes of at least 4 members (excludes halogenated alkanes) is 1. The lowest BCUT2D eigenvalue weighted by Gasteiger charge is -2.16. The second kappa shape index (κ2) is 10.1. The molecule has 1 aromatic heterocycles. The Labute approximate surface area is 147 Å². The van der Waals surface area contributed by atoms with Gasteiger partial charge in [0.2, 0.25) is 5.91 Å². The Bertz CT molecular complexity index is 717. The highest BCUT2D eigenvalue weighted by molar-refractivity contribution is 5.85. The van der Waals surface area contributed by atoms with Gasteiger partial charge >= 0.3 is 0 Å².